The Morgan fingerprint density at radius 3 is 2.47 bits per heavy atom. The van der Waals surface area contributed by atoms with Crippen LogP contribution in [0.4, 0.5) is 22.0 Å². The molecule has 1 aromatic carbocycles. The second-order valence-corrected chi connectivity index (χ2v) is 4.13. The molecule has 0 spiro atoms. The number of fused-ring (bicyclic) bond motifs is 1. The van der Waals surface area contributed by atoms with Crippen LogP contribution in [-0.4, -0.2) is 10.2 Å². The van der Waals surface area contributed by atoms with Crippen LogP contribution >= 0.6 is 15.9 Å². The van der Waals surface area contributed by atoms with Crippen molar-refractivity contribution in [2.24, 2.45) is 0 Å². The minimum Gasteiger partial charge on any atom is -0.277 e. The van der Waals surface area contributed by atoms with Crippen LogP contribution in [0.5, 0.6) is 0 Å². The molecule has 1 heterocycles. The second kappa shape index (κ2) is 3.94. The predicted molar refractivity (Wildman–Crippen MR) is 53.8 cm³/mol. The van der Waals surface area contributed by atoms with Crippen LogP contribution in [0.25, 0.3) is 10.9 Å². The highest BCUT2D eigenvalue weighted by Gasteiger charge is 2.35. The molecule has 0 saturated carbocycles. The van der Waals surface area contributed by atoms with Crippen LogP contribution in [0.15, 0.2) is 16.7 Å². The first-order valence-electron chi connectivity index (χ1n) is 4.33. The highest BCUT2D eigenvalue weighted by atomic mass is 79.9. The largest absolute Gasteiger partial charge is 0.417 e. The molecule has 0 unspecified atom stereocenters. The third kappa shape index (κ3) is 2.01. The summed E-state index contributed by atoms with van der Waals surface area (Å²) in [6.07, 6.45) is -6.63. The van der Waals surface area contributed by atoms with Crippen LogP contribution in [0.2, 0.25) is 0 Å². The molecule has 0 fully saturated rings. The first-order valence-corrected chi connectivity index (χ1v) is 5.12. The van der Waals surface area contributed by atoms with Gasteiger partial charge in [-0.2, -0.15) is 18.3 Å². The standard InChI is InChI=1S/C9H4BrF5N2/c10-5-1-4(9(13,14)15)3-2-16-17-7(3)6(5)8(11)12/h1-2,8H,(H,16,17). The Morgan fingerprint density at radius 1 is 1.29 bits per heavy atom. The van der Waals surface area contributed by atoms with Crippen LogP contribution in [0, 0.1) is 0 Å². The average molecular weight is 315 g/mol. The monoisotopic (exact) mass is 314 g/mol. The minimum atomic E-state index is -4.62. The van der Waals surface area contributed by atoms with E-state index >= 15 is 0 Å². The third-order valence-electron chi connectivity index (χ3n) is 2.25. The van der Waals surface area contributed by atoms with Gasteiger partial charge in [-0.3, -0.25) is 5.10 Å². The maximum atomic E-state index is 12.7. The smallest absolute Gasteiger partial charge is 0.277 e. The highest BCUT2D eigenvalue weighted by molar-refractivity contribution is 9.10. The zero-order valence-corrected chi connectivity index (χ0v) is 9.53. The molecule has 92 valence electrons. The molecule has 17 heavy (non-hydrogen) atoms. The molecular formula is C9H4BrF5N2. The number of nitrogens with one attached hydrogen (secondary N) is 1. The Kier molecular flexibility index (Phi) is 2.84. The Labute approximate surface area is 99.9 Å². The fraction of sp³-hybridized carbons (Fsp3) is 0.222. The van der Waals surface area contributed by atoms with Gasteiger partial charge in [0.05, 0.1) is 22.8 Å². The summed E-state index contributed by atoms with van der Waals surface area (Å²) in [6.45, 7) is 0. The molecule has 0 aliphatic heterocycles. The number of alkyl halides is 5. The zero-order valence-electron chi connectivity index (χ0n) is 7.95. The van der Waals surface area contributed by atoms with Crippen molar-refractivity contribution < 1.29 is 22.0 Å². The van der Waals surface area contributed by atoms with Gasteiger partial charge in [0, 0.05) is 9.86 Å². The van der Waals surface area contributed by atoms with Crippen LogP contribution in [0.1, 0.15) is 17.6 Å². The Morgan fingerprint density at radius 2 is 1.94 bits per heavy atom. The molecule has 2 nitrogen and oxygen atoms in total. The number of aromatic amines is 1. The van der Waals surface area contributed by atoms with Crippen molar-refractivity contribution in [3.8, 4) is 0 Å². The first kappa shape index (κ1) is 12.3. The molecule has 0 bridgehead atoms. The maximum absolute atomic E-state index is 12.7. The third-order valence-corrected chi connectivity index (χ3v) is 2.91. The second-order valence-electron chi connectivity index (χ2n) is 3.28. The van der Waals surface area contributed by atoms with Gasteiger partial charge in [-0.15, -0.1) is 0 Å². The molecule has 2 rings (SSSR count). The van der Waals surface area contributed by atoms with Crippen molar-refractivity contribution >= 4 is 26.8 Å². The first-order chi connectivity index (χ1) is 7.82. The Bertz CT molecular complexity index is 560. The van der Waals surface area contributed by atoms with E-state index in [1.807, 2.05) is 0 Å². The van der Waals surface area contributed by atoms with E-state index < -0.39 is 23.7 Å². The van der Waals surface area contributed by atoms with Crippen molar-refractivity contribution in [2.45, 2.75) is 12.6 Å². The van der Waals surface area contributed by atoms with Gasteiger partial charge in [0.25, 0.3) is 6.43 Å². The van der Waals surface area contributed by atoms with E-state index in [4.69, 9.17) is 0 Å². The SMILES string of the molecule is FC(F)c1c(Br)cc(C(F)(F)F)c2cn[nH]c12. The van der Waals surface area contributed by atoms with Gasteiger partial charge in [0.2, 0.25) is 0 Å². The van der Waals surface area contributed by atoms with Crippen molar-refractivity contribution in [2.75, 3.05) is 0 Å². The van der Waals surface area contributed by atoms with E-state index in [2.05, 4.69) is 26.1 Å². The Balaban J connectivity index is 2.84. The van der Waals surface area contributed by atoms with Crippen LogP contribution in [0.3, 0.4) is 0 Å². The summed E-state index contributed by atoms with van der Waals surface area (Å²) in [4.78, 5) is 0. The van der Waals surface area contributed by atoms with Gasteiger partial charge < -0.3 is 0 Å². The maximum Gasteiger partial charge on any atom is 0.417 e. The highest BCUT2D eigenvalue weighted by Crippen LogP contribution is 2.41. The van der Waals surface area contributed by atoms with Crippen LogP contribution < -0.4 is 0 Å². The van der Waals surface area contributed by atoms with Crippen molar-refractivity contribution in [1.82, 2.24) is 10.2 Å². The number of benzene rings is 1. The quantitative estimate of drug-likeness (QED) is 0.782. The topological polar surface area (TPSA) is 28.7 Å². The van der Waals surface area contributed by atoms with E-state index in [0.717, 1.165) is 6.20 Å². The van der Waals surface area contributed by atoms with Gasteiger partial charge >= 0.3 is 6.18 Å². The summed E-state index contributed by atoms with van der Waals surface area (Å²) in [5, 5.41) is 5.18. The lowest BCUT2D eigenvalue weighted by Crippen LogP contribution is -2.06. The molecule has 0 aliphatic rings. The van der Waals surface area contributed by atoms with Gasteiger partial charge in [0.1, 0.15) is 0 Å². The molecule has 0 saturated heterocycles. The molecule has 1 N–H and O–H groups in total. The normalized spacial score (nSPS) is 12.6. The van der Waals surface area contributed by atoms with Crippen molar-refractivity contribution in [3.05, 3.63) is 27.9 Å². The summed E-state index contributed by atoms with van der Waals surface area (Å²) >= 11 is 2.72. The molecule has 0 atom stereocenters. The zero-order chi connectivity index (χ0) is 12.8. The van der Waals surface area contributed by atoms with Crippen molar-refractivity contribution in [1.29, 1.82) is 0 Å². The van der Waals surface area contributed by atoms with Gasteiger partial charge in [-0.1, -0.05) is 15.9 Å². The number of rotatable bonds is 1. The van der Waals surface area contributed by atoms with Gasteiger partial charge in [-0.25, -0.2) is 8.78 Å². The molecule has 2 aromatic rings. The number of hydrogen-bond acceptors (Lipinski definition) is 1. The average Bonchev–Trinajstić information content (AvgIpc) is 2.61. The summed E-state index contributed by atoms with van der Waals surface area (Å²) in [7, 11) is 0. The van der Waals surface area contributed by atoms with E-state index in [0.29, 0.717) is 6.07 Å². The molecule has 8 heteroatoms. The minimum absolute atomic E-state index is 0.295. The van der Waals surface area contributed by atoms with E-state index in [1.165, 1.54) is 0 Å². The molecular weight excluding hydrogens is 311 g/mol. The van der Waals surface area contributed by atoms with Crippen molar-refractivity contribution in [3.63, 3.8) is 0 Å². The number of halogens is 6. The lowest BCUT2D eigenvalue weighted by atomic mass is 10.1. The molecule has 0 amide bonds. The van der Waals surface area contributed by atoms with Gasteiger partial charge in [-0.05, 0) is 6.07 Å². The van der Waals surface area contributed by atoms with Crippen LogP contribution in [-0.2, 0) is 6.18 Å². The molecule has 0 radical (unpaired) electrons. The summed E-state index contributed by atoms with van der Waals surface area (Å²) in [5.41, 5.74) is -1.83. The van der Waals surface area contributed by atoms with Gasteiger partial charge in [0.15, 0.2) is 0 Å². The van der Waals surface area contributed by atoms with E-state index in [9.17, 15) is 22.0 Å². The molecule has 1 aromatic heterocycles. The van der Waals surface area contributed by atoms with E-state index in [-0.39, 0.29) is 15.4 Å². The summed E-state index contributed by atoms with van der Waals surface area (Å²) in [6, 6.07) is 0.638. The summed E-state index contributed by atoms with van der Waals surface area (Å²) in [5.74, 6) is 0. The van der Waals surface area contributed by atoms with E-state index in [1.54, 1.807) is 0 Å². The number of nitrogens with zero attached hydrogens (tertiary/aromatic N) is 1. The fourth-order valence-electron chi connectivity index (χ4n) is 1.55. The summed E-state index contributed by atoms with van der Waals surface area (Å²) < 4.78 is 63.1. The number of hydrogen-bond donors (Lipinski definition) is 1. The lowest BCUT2D eigenvalue weighted by Gasteiger charge is -2.12. The lowest BCUT2D eigenvalue weighted by molar-refractivity contribution is -0.136. The molecule has 0 aliphatic carbocycles. The predicted octanol–water partition coefficient (Wildman–Crippen LogP) is 4.28. The fourth-order valence-corrected chi connectivity index (χ4v) is 2.15. The number of aromatic nitrogens is 2. The Hall–Kier alpha value is -1.18. The number of H-pyrrole nitrogens is 1.